The van der Waals surface area contributed by atoms with Crippen molar-refractivity contribution in [2.24, 2.45) is 0 Å². The van der Waals surface area contributed by atoms with Crippen molar-refractivity contribution in [2.45, 2.75) is 12.2 Å². The molecular formula is C20H12O4S. The van der Waals surface area contributed by atoms with E-state index in [1.54, 1.807) is 12.1 Å². The Morgan fingerprint density at radius 1 is 0.640 bits per heavy atom. The van der Waals surface area contributed by atoms with Gasteiger partial charge < -0.3 is 9.47 Å². The molecule has 0 spiro atoms. The van der Waals surface area contributed by atoms with Crippen LogP contribution in [0.15, 0.2) is 60.7 Å². The number of carbonyl (C=O) groups is 2. The van der Waals surface area contributed by atoms with Crippen LogP contribution in [0.2, 0.25) is 0 Å². The van der Waals surface area contributed by atoms with E-state index >= 15 is 0 Å². The lowest BCUT2D eigenvalue weighted by Crippen LogP contribution is -1.99. The second-order valence-corrected chi connectivity index (χ2v) is 7.13. The van der Waals surface area contributed by atoms with E-state index in [9.17, 15) is 9.59 Å². The van der Waals surface area contributed by atoms with Gasteiger partial charge in [-0.3, -0.25) is 0 Å². The van der Waals surface area contributed by atoms with E-state index in [0.29, 0.717) is 11.1 Å². The molecule has 5 rings (SSSR count). The lowest BCUT2D eigenvalue weighted by atomic mass is 10.0. The van der Waals surface area contributed by atoms with E-state index in [1.165, 1.54) is 11.3 Å². The molecule has 0 aliphatic carbocycles. The van der Waals surface area contributed by atoms with Crippen molar-refractivity contribution >= 4 is 23.3 Å². The number of esters is 2. The first-order valence-electron chi connectivity index (χ1n) is 7.92. The molecule has 2 aromatic carbocycles. The summed E-state index contributed by atoms with van der Waals surface area (Å²) < 4.78 is 11.1. The summed E-state index contributed by atoms with van der Waals surface area (Å²) in [4.78, 5) is 25.9. The number of hydrogen-bond donors (Lipinski definition) is 0. The Bertz CT molecular complexity index is 940. The Kier molecular flexibility index (Phi) is 3.05. The van der Waals surface area contributed by atoms with Crippen LogP contribution in [-0.2, 0) is 9.47 Å². The fraction of sp³-hybridized carbons (Fsp3) is 0.100. The zero-order chi connectivity index (χ0) is 17.0. The second kappa shape index (κ2) is 5.29. The van der Waals surface area contributed by atoms with Crippen molar-refractivity contribution in [3.05, 3.63) is 92.7 Å². The van der Waals surface area contributed by atoms with Gasteiger partial charge in [0.25, 0.3) is 0 Å². The smallest absolute Gasteiger partial charge is 0.339 e. The first-order valence-corrected chi connectivity index (χ1v) is 8.73. The SMILES string of the molecule is O=C1OC(c2ccc(C3OC(=O)c4ccccc43)s2)c2ccccc21. The van der Waals surface area contributed by atoms with E-state index in [2.05, 4.69) is 0 Å². The molecule has 0 saturated heterocycles. The zero-order valence-corrected chi connectivity index (χ0v) is 13.8. The number of hydrogen-bond acceptors (Lipinski definition) is 5. The third-order valence-corrected chi connectivity index (χ3v) is 5.71. The predicted molar refractivity (Wildman–Crippen MR) is 91.7 cm³/mol. The number of thiophene rings is 1. The highest BCUT2D eigenvalue weighted by atomic mass is 32.1. The van der Waals surface area contributed by atoms with E-state index in [1.807, 2.05) is 48.5 Å². The molecule has 0 amide bonds. The Balaban J connectivity index is 1.52. The molecule has 0 bridgehead atoms. The van der Waals surface area contributed by atoms with Gasteiger partial charge in [0, 0.05) is 11.1 Å². The average molecular weight is 348 g/mol. The number of benzene rings is 2. The Morgan fingerprint density at radius 2 is 1.08 bits per heavy atom. The molecule has 1 aromatic heterocycles. The minimum absolute atomic E-state index is 0.298. The molecule has 2 aliphatic heterocycles. The Labute approximate surface area is 147 Å². The van der Waals surface area contributed by atoms with Crippen LogP contribution in [0.3, 0.4) is 0 Å². The van der Waals surface area contributed by atoms with Gasteiger partial charge in [0.15, 0.2) is 12.2 Å². The second-order valence-electron chi connectivity index (χ2n) is 5.99. The summed E-state index contributed by atoms with van der Waals surface area (Å²) in [5.74, 6) is -0.596. The normalized spacial score (nSPS) is 20.8. The lowest BCUT2D eigenvalue weighted by Gasteiger charge is -2.10. The van der Waals surface area contributed by atoms with Crippen LogP contribution in [0.4, 0.5) is 0 Å². The largest absolute Gasteiger partial charge is 0.448 e. The molecule has 2 aliphatic rings. The highest BCUT2D eigenvalue weighted by Crippen LogP contribution is 2.43. The minimum Gasteiger partial charge on any atom is -0.448 e. The molecule has 0 saturated carbocycles. The molecule has 25 heavy (non-hydrogen) atoms. The molecule has 122 valence electrons. The molecular weight excluding hydrogens is 336 g/mol. The number of cyclic esters (lactones) is 2. The van der Waals surface area contributed by atoms with Gasteiger partial charge in [-0.15, -0.1) is 11.3 Å². The predicted octanol–water partition coefficient (Wildman–Crippen LogP) is 4.27. The van der Waals surface area contributed by atoms with Crippen LogP contribution in [0.25, 0.3) is 0 Å². The van der Waals surface area contributed by atoms with Gasteiger partial charge in [-0.25, -0.2) is 9.59 Å². The van der Waals surface area contributed by atoms with Crippen molar-refractivity contribution in [3.8, 4) is 0 Å². The van der Waals surface area contributed by atoms with E-state index < -0.39 is 12.2 Å². The van der Waals surface area contributed by atoms with E-state index in [-0.39, 0.29) is 11.9 Å². The number of fused-ring (bicyclic) bond motifs is 2. The van der Waals surface area contributed by atoms with E-state index in [0.717, 1.165) is 20.9 Å². The molecule has 4 nitrogen and oxygen atoms in total. The van der Waals surface area contributed by atoms with Crippen molar-refractivity contribution in [1.82, 2.24) is 0 Å². The van der Waals surface area contributed by atoms with Crippen molar-refractivity contribution in [1.29, 1.82) is 0 Å². The van der Waals surface area contributed by atoms with Gasteiger partial charge in [0.2, 0.25) is 0 Å². The molecule has 5 heteroatoms. The molecule has 0 N–H and O–H groups in total. The molecule has 2 atom stereocenters. The monoisotopic (exact) mass is 348 g/mol. The highest BCUT2D eigenvalue weighted by molar-refractivity contribution is 7.12. The van der Waals surface area contributed by atoms with Crippen molar-refractivity contribution in [3.63, 3.8) is 0 Å². The average Bonchev–Trinajstić information content (AvgIpc) is 3.33. The first kappa shape index (κ1) is 14.4. The first-order chi connectivity index (χ1) is 12.2. The van der Waals surface area contributed by atoms with Crippen LogP contribution >= 0.6 is 11.3 Å². The fourth-order valence-electron chi connectivity index (χ4n) is 3.36. The summed E-state index contributed by atoms with van der Waals surface area (Å²) in [7, 11) is 0. The Hall–Kier alpha value is -2.92. The maximum absolute atomic E-state index is 12.0. The highest BCUT2D eigenvalue weighted by Gasteiger charge is 2.36. The third-order valence-electron chi connectivity index (χ3n) is 4.54. The zero-order valence-electron chi connectivity index (χ0n) is 13.0. The minimum atomic E-state index is -0.394. The van der Waals surface area contributed by atoms with Crippen LogP contribution in [-0.4, -0.2) is 11.9 Å². The van der Waals surface area contributed by atoms with Crippen molar-refractivity contribution in [2.75, 3.05) is 0 Å². The summed E-state index contributed by atoms with van der Waals surface area (Å²) in [6.45, 7) is 0. The summed E-state index contributed by atoms with van der Waals surface area (Å²) >= 11 is 1.50. The molecule has 0 fully saturated rings. The fourth-order valence-corrected chi connectivity index (χ4v) is 4.47. The van der Waals surface area contributed by atoms with Gasteiger partial charge in [-0.2, -0.15) is 0 Å². The summed E-state index contributed by atoms with van der Waals surface area (Å²) in [6, 6.07) is 18.7. The molecule has 0 radical (unpaired) electrons. The van der Waals surface area contributed by atoms with Crippen LogP contribution in [0, 0.1) is 0 Å². The van der Waals surface area contributed by atoms with Gasteiger partial charge in [0.1, 0.15) is 0 Å². The summed E-state index contributed by atoms with van der Waals surface area (Å²) in [6.07, 6.45) is -0.787. The van der Waals surface area contributed by atoms with E-state index in [4.69, 9.17) is 9.47 Å². The molecule has 3 aromatic rings. The van der Waals surface area contributed by atoms with Gasteiger partial charge in [0.05, 0.1) is 20.9 Å². The molecule has 2 unspecified atom stereocenters. The summed E-state index contributed by atoms with van der Waals surface area (Å²) in [5, 5.41) is 0. The van der Waals surface area contributed by atoms with Gasteiger partial charge >= 0.3 is 11.9 Å². The number of carbonyl (C=O) groups excluding carboxylic acids is 2. The van der Waals surface area contributed by atoms with Crippen LogP contribution < -0.4 is 0 Å². The quantitative estimate of drug-likeness (QED) is 0.649. The summed E-state index contributed by atoms with van der Waals surface area (Å²) in [5.41, 5.74) is 2.98. The lowest BCUT2D eigenvalue weighted by molar-refractivity contribution is 0.0453. The van der Waals surface area contributed by atoms with Gasteiger partial charge in [-0.05, 0) is 24.3 Å². The number of ether oxygens (including phenoxy) is 2. The maximum atomic E-state index is 12.0. The van der Waals surface area contributed by atoms with Crippen LogP contribution in [0.5, 0.6) is 0 Å². The number of rotatable bonds is 2. The molecule has 3 heterocycles. The standard InChI is InChI=1S/C20H12O4S/c21-19-13-7-3-1-5-11(13)17(23-19)15-9-10-16(25-15)18-12-6-2-4-8-14(12)20(22)24-18/h1-10,17-18H. The third kappa shape index (κ3) is 2.13. The van der Waals surface area contributed by atoms with Crippen molar-refractivity contribution < 1.29 is 19.1 Å². The Morgan fingerprint density at radius 3 is 1.56 bits per heavy atom. The topological polar surface area (TPSA) is 52.6 Å². The van der Waals surface area contributed by atoms with Crippen LogP contribution in [0.1, 0.15) is 53.8 Å². The van der Waals surface area contributed by atoms with Gasteiger partial charge in [-0.1, -0.05) is 36.4 Å². The maximum Gasteiger partial charge on any atom is 0.339 e.